The molecule has 0 bridgehead atoms. The summed E-state index contributed by atoms with van der Waals surface area (Å²) in [5, 5.41) is 2.95. The second kappa shape index (κ2) is 5.82. The van der Waals surface area contributed by atoms with Crippen molar-refractivity contribution in [3.63, 3.8) is 0 Å². The first-order valence-corrected chi connectivity index (χ1v) is 6.61. The summed E-state index contributed by atoms with van der Waals surface area (Å²) in [5.41, 5.74) is 2.49. The molecule has 0 radical (unpaired) electrons. The van der Waals surface area contributed by atoms with Crippen molar-refractivity contribution in [3.05, 3.63) is 48.4 Å². The lowest BCUT2D eigenvalue weighted by atomic mass is 9.95. The van der Waals surface area contributed by atoms with Gasteiger partial charge < -0.3 is 5.32 Å². The lowest BCUT2D eigenvalue weighted by Crippen LogP contribution is -2.34. The SMILES string of the molecule is CC(C)(C)C(=O)NCc1cccnc1-c1ccncc1. The zero-order valence-corrected chi connectivity index (χ0v) is 12.1. The molecule has 0 spiro atoms. The van der Waals surface area contributed by atoms with Crippen LogP contribution >= 0.6 is 0 Å². The van der Waals surface area contributed by atoms with E-state index in [0.717, 1.165) is 16.8 Å². The van der Waals surface area contributed by atoms with Crippen LogP contribution in [0.15, 0.2) is 42.9 Å². The van der Waals surface area contributed by atoms with Gasteiger partial charge in [-0.05, 0) is 23.8 Å². The number of nitrogens with one attached hydrogen (secondary N) is 1. The van der Waals surface area contributed by atoms with Crippen molar-refractivity contribution < 1.29 is 4.79 Å². The Labute approximate surface area is 119 Å². The molecule has 0 atom stereocenters. The van der Waals surface area contributed by atoms with Crippen molar-refractivity contribution in [2.24, 2.45) is 5.41 Å². The molecular weight excluding hydrogens is 250 g/mol. The maximum Gasteiger partial charge on any atom is 0.225 e. The van der Waals surface area contributed by atoms with Gasteiger partial charge in [-0.1, -0.05) is 26.8 Å². The number of aromatic nitrogens is 2. The fourth-order valence-corrected chi connectivity index (χ4v) is 1.79. The molecule has 104 valence electrons. The summed E-state index contributed by atoms with van der Waals surface area (Å²) in [6.45, 7) is 6.17. The zero-order valence-electron chi connectivity index (χ0n) is 12.1. The predicted molar refractivity (Wildman–Crippen MR) is 78.8 cm³/mol. The van der Waals surface area contributed by atoms with Gasteiger partial charge in [0.2, 0.25) is 5.91 Å². The third kappa shape index (κ3) is 3.41. The smallest absolute Gasteiger partial charge is 0.225 e. The molecule has 2 rings (SSSR count). The van der Waals surface area contributed by atoms with E-state index in [0.29, 0.717) is 6.54 Å². The Morgan fingerprint density at radius 2 is 1.85 bits per heavy atom. The lowest BCUT2D eigenvalue weighted by Gasteiger charge is -2.18. The molecule has 1 N–H and O–H groups in total. The lowest BCUT2D eigenvalue weighted by molar-refractivity contribution is -0.128. The average molecular weight is 269 g/mol. The summed E-state index contributed by atoms with van der Waals surface area (Å²) in [6.07, 6.45) is 5.23. The van der Waals surface area contributed by atoms with Crippen LogP contribution in [-0.2, 0) is 11.3 Å². The van der Waals surface area contributed by atoms with E-state index in [1.807, 2.05) is 45.0 Å². The van der Waals surface area contributed by atoms with Crippen LogP contribution in [-0.4, -0.2) is 15.9 Å². The van der Waals surface area contributed by atoms with Crippen molar-refractivity contribution >= 4 is 5.91 Å². The van der Waals surface area contributed by atoms with Gasteiger partial charge in [0.15, 0.2) is 0 Å². The molecular formula is C16H19N3O. The highest BCUT2D eigenvalue weighted by Gasteiger charge is 2.21. The van der Waals surface area contributed by atoms with E-state index in [2.05, 4.69) is 15.3 Å². The molecule has 0 aromatic carbocycles. The number of rotatable bonds is 3. The summed E-state index contributed by atoms with van der Waals surface area (Å²) in [6, 6.07) is 7.68. The van der Waals surface area contributed by atoms with Gasteiger partial charge in [0, 0.05) is 36.1 Å². The molecule has 0 fully saturated rings. The first kappa shape index (κ1) is 14.2. The standard InChI is InChI=1S/C16H19N3O/c1-16(2,3)15(20)19-11-13-5-4-8-18-14(13)12-6-9-17-10-7-12/h4-10H,11H2,1-3H3,(H,19,20). The topological polar surface area (TPSA) is 54.9 Å². The van der Waals surface area contributed by atoms with Crippen molar-refractivity contribution in [1.82, 2.24) is 15.3 Å². The normalized spacial score (nSPS) is 11.2. The monoisotopic (exact) mass is 269 g/mol. The van der Waals surface area contributed by atoms with Gasteiger partial charge in [0.1, 0.15) is 0 Å². The fourth-order valence-electron chi connectivity index (χ4n) is 1.79. The Morgan fingerprint density at radius 3 is 2.50 bits per heavy atom. The second-order valence-corrected chi connectivity index (χ2v) is 5.68. The van der Waals surface area contributed by atoms with E-state index in [9.17, 15) is 4.79 Å². The zero-order chi connectivity index (χ0) is 14.6. The van der Waals surface area contributed by atoms with Gasteiger partial charge in [0.05, 0.1) is 5.69 Å². The van der Waals surface area contributed by atoms with Crippen LogP contribution in [0.3, 0.4) is 0 Å². The number of carbonyl (C=O) groups excluding carboxylic acids is 1. The second-order valence-electron chi connectivity index (χ2n) is 5.68. The van der Waals surface area contributed by atoms with Gasteiger partial charge in [-0.3, -0.25) is 14.8 Å². The highest BCUT2D eigenvalue weighted by Crippen LogP contribution is 2.20. The molecule has 0 aliphatic heterocycles. The Balaban J connectivity index is 2.20. The van der Waals surface area contributed by atoms with E-state index in [4.69, 9.17) is 0 Å². The van der Waals surface area contributed by atoms with Crippen LogP contribution < -0.4 is 5.32 Å². The average Bonchev–Trinajstić information content (AvgIpc) is 2.45. The number of hydrogen-bond acceptors (Lipinski definition) is 3. The van der Waals surface area contributed by atoms with Crippen LogP contribution in [0, 0.1) is 5.41 Å². The molecule has 2 aromatic rings. The summed E-state index contributed by atoms with van der Waals surface area (Å²) >= 11 is 0. The number of carbonyl (C=O) groups is 1. The molecule has 0 saturated heterocycles. The van der Waals surface area contributed by atoms with E-state index >= 15 is 0 Å². The highest BCUT2D eigenvalue weighted by atomic mass is 16.2. The molecule has 4 nitrogen and oxygen atoms in total. The quantitative estimate of drug-likeness (QED) is 0.932. The summed E-state index contributed by atoms with van der Waals surface area (Å²) in [5.74, 6) is 0.0297. The van der Waals surface area contributed by atoms with Crippen LogP contribution in [0.5, 0.6) is 0 Å². The van der Waals surface area contributed by atoms with Crippen LogP contribution in [0.1, 0.15) is 26.3 Å². The van der Waals surface area contributed by atoms with Gasteiger partial charge in [0.25, 0.3) is 0 Å². The Morgan fingerprint density at radius 1 is 1.15 bits per heavy atom. The fraction of sp³-hybridized carbons (Fsp3) is 0.312. The van der Waals surface area contributed by atoms with E-state index < -0.39 is 0 Å². The molecule has 0 aliphatic carbocycles. The predicted octanol–water partition coefficient (Wildman–Crippen LogP) is 2.81. The number of nitrogens with zero attached hydrogens (tertiary/aromatic N) is 2. The first-order chi connectivity index (χ1) is 9.48. The molecule has 0 aliphatic rings. The highest BCUT2D eigenvalue weighted by molar-refractivity contribution is 5.81. The molecule has 2 aromatic heterocycles. The number of pyridine rings is 2. The largest absolute Gasteiger partial charge is 0.351 e. The van der Waals surface area contributed by atoms with Crippen molar-refractivity contribution in [2.75, 3.05) is 0 Å². The molecule has 2 heterocycles. The Bertz CT molecular complexity index is 588. The van der Waals surface area contributed by atoms with Crippen LogP contribution in [0.2, 0.25) is 0 Å². The maximum atomic E-state index is 11.9. The summed E-state index contributed by atoms with van der Waals surface area (Å²) < 4.78 is 0. The van der Waals surface area contributed by atoms with E-state index in [-0.39, 0.29) is 11.3 Å². The number of amides is 1. The van der Waals surface area contributed by atoms with E-state index in [1.165, 1.54) is 0 Å². The Kier molecular flexibility index (Phi) is 4.13. The first-order valence-electron chi connectivity index (χ1n) is 6.61. The minimum absolute atomic E-state index is 0.0297. The van der Waals surface area contributed by atoms with Gasteiger partial charge in [-0.15, -0.1) is 0 Å². The van der Waals surface area contributed by atoms with E-state index in [1.54, 1.807) is 18.6 Å². The van der Waals surface area contributed by atoms with Crippen LogP contribution in [0.4, 0.5) is 0 Å². The van der Waals surface area contributed by atoms with Crippen molar-refractivity contribution in [3.8, 4) is 11.3 Å². The third-order valence-corrected chi connectivity index (χ3v) is 2.97. The van der Waals surface area contributed by atoms with Crippen molar-refractivity contribution in [1.29, 1.82) is 0 Å². The minimum Gasteiger partial charge on any atom is -0.351 e. The Hall–Kier alpha value is -2.23. The third-order valence-electron chi connectivity index (χ3n) is 2.97. The van der Waals surface area contributed by atoms with Gasteiger partial charge >= 0.3 is 0 Å². The molecule has 0 unspecified atom stereocenters. The molecule has 1 amide bonds. The molecule has 4 heteroatoms. The molecule has 20 heavy (non-hydrogen) atoms. The molecule has 0 saturated carbocycles. The summed E-state index contributed by atoms with van der Waals surface area (Å²) in [4.78, 5) is 20.4. The van der Waals surface area contributed by atoms with Crippen molar-refractivity contribution in [2.45, 2.75) is 27.3 Å². The summed E-state index contributed by atoms with van der Waals surface area (Å²) in [7, 11) is 0. The van der Waals surface area contributed by atoms with Gasteiger partial charge in [-0.25, -0.2) is 0 Å². The van der Waals surface area contributed by atoms with Gasteiger partial charge in [-0.2, -0.15) is 0 Å². The minimum atomic E-state index is -0.390. The number of hydrogen-bond donors (Lipinski definition) is 1. The van der Waals surface area contributed by atoms with Crippen LogP contribution in [0.25, 0.3) is 11.3 Å². The maximum absolute atomic E-state index is 11.9.